The van der Waals surface area contributed by atoms with Crippen molar-refractivity contribution in [2.45, 2.75) is 44.6 Å². The summed E-state index contributed by atoms with van der Waals surface area (Å²) in [6.07, 6.45) is 4.67. The number of hydrogen-bond acceptors (Lipinski definition) is 2. The van der Waals surface area contributed by atoms with Gasteiger partial charge in [-0.3, -0.25) is 15.0 Å². The van der Waals surface area contributed by atoms with Gasteiger partial charge in [-0.25, -0.2) is 5.01 Å². The highest BCUT2D eigenvalue weighted by atomic mass is 16.2. The highest BCUT2D eigenvalue weighted by molar-refractivity contribution is 6.00. The number of rotatable bonds is 2. The van der Waals surface area contributed by atoms with Gasteiger partial charge in [-0.2, -0.15) is 0 Å². The summed E-state index contributed by atoms with van der Waals surface area (Å²) in [4.78, 5) is 24.8. The van der Waals surface area contributed by atoms with Crippen LogP contribution >= 0.6 is 0 Å². The maximum Gasteiger partial charge on any atom is 0.269 e. The summed E-state index contributed by atoms with van der Waals surface area (Å²) < 4.78 is 0. The van der Waals surface area contributed by atoms with Gasteiger partial charge in [0.15, 0.2) is 0 Å². The molecule has 1 heterocycles. The number of nitrogens with zero attached hydrogens (tertiary/aromatic N) is 1. The molecule has 0 unspecified atom stereocenters. The van der Waals surface area contributed by atoms with Crippen LogP contribution in [0.1, 0.15) is 49.4 Å². The van der Waals surface area contributed by atoms with Crippen molar-refractivity contribution >= 4 is 11.8 Å². The Morgan fingerprint density at radius 3 is 2.55 bits per heavy atom. The van der Waals surface area contributed by atoms with Crippen molar-refractivity contribution in [2.75, 3.05) is 0 Å². The monoisotopic (exact) mass is 298 g/mol. The van der Waals surface area contributed by atoms with E-state index < -0.39 is 0 Å². The van der Waals surface area contributed by atoms with Crippen LogP contribution in [-0.4, -0.2) is 22.4 Å². The molecule has 0 aromatic heterocycles. The Balaban J connectivity index is 1.82. The summed E-state index contributed by atoms with van der Waals surface area (Å²) in [7, 11) is 0. The smallest absolute Gasteiger partial charge is 0.268 e. The highest BCUT2D eigenvalue weighted by Crippen LogP contribution is 2.44. The van der Waals surface area contributed by atoms with Gasteiger partial charge in [0.1, 0.15) is 0 Å². The second-order valence-electron chi connectivity index (χ2n) is 6.63. The molecule has 3 rings (SSSR count). The number of amides is 2. The maximum atomic E-state index is 12.4. The molecule has 116 valence electrons. The molecule has 1 saturated carbocycles. The molecule has 0 atom stereocenters. The van der Waals surface area contributed by atoms with E-state index in [0.717, 1.165) is 25.7 Å². The molecule has 0 radical (unpaired) electrons. The van der Waals surface area contributed by atoms with Gasteiger partial charge in [0.2, 0.25) is 0 Å². The minimum absolute atomic E-state index is 0.140. The lowest BCUT2D eigenvalue weighted by Crippen LogP contribution is -2.56. The lowest BCUT2D eigenvalue weighted by molar-refractivity contribution is -0.133. The third-order valence-electron chi connectivity index (χ3n) is 4.98. The Morgan fingerprint density at radius 2 is 1.91 bits per heavy atom. The van der Waals surface area contributed by atoms with Gasteiger partial charge in [0.05, 0.1) is 5.54 Å². The highest BCUT2D eigenvalue weighted by Gasteiger charge is 2.49. The van der Waals surface area contributed by atoms with Gasteiger partial charge in [-0.1, -0.05) is 31.7 Å². The summed E-state index contributed by atoms with van der Waals surface area (Å²) in [5.41, 5.74) is 3.72. The van der Waals surface area contributed by atoms with E-state index in [0.29, 0.717) is 23.5 Å². The van der Waals surface area contributed by atoms with E-state index in [2.05, 4.69) is 18.9 Å². The second kappa shape index (κ2) is 5.59. The molecular weight excluding hydrogens is 276 g/mol. The number of hydrazine groups is 1. The van der Waals surface area contributed by atoms with Crippen LogP contribution in [0.25, 0.3) is 0 Å². The van der Waals surface area contributed by atoms with Gasteiger partial charge in [-0.05, 0) is 43.7 Å². The molecule has 1 saturated heterocycles. The predicted octanol–water partition coefficient (Wildman–Crippen LogP) is 3.07. The minimum Gasteiger partial charge on any atom is -0.268 e. The number of carbonyl (C=O) groups excluding carboxylic acids is 2. The third-order valence-corrected chi connectivity index (χ3v) is 4.98. The van der Waals surface area contributed by atoms with E-state index in [-0.39, 0.29) is 17.4 Å². The van der Waals surface area contributed by atoms with Crippen molar-refractivity contribution in [3.63, 3.8) is 0 Å². The van der Waals surface area contributed by atoms with E-state index in [9.17, 15) is 9.59 Å². The zero-order valence-corrected chi connectivity index (χ0v) is 13.0. The molecule has 1 aliphatic heterocycles. The van der Waals surface area contributed by atoms with Crippen LogP contribution in [0.15, 0.2) is 42.5 Å². The van der Waals surface area contributed by atoms with Crippen molar-refractivity contribution < 1.29 is 9.59 Å². The Morgan fingerprint density at radius 1 is 1.27 bits per heavy atom. The van der Waals surface area contributed by atoms with Crippen LogP contribution in [0.4, 0.5) is 0 Å². The quantitative estimate of drug-likeness (QED) is 0.853. The van der Waals surface area contributed by atoms with E-state index in [4.69, 9.17) is 0 Å². The Bertz CT molecular complexity index is 601. The van der Waals surface area contributed by atoms with Crippen LogP contribution in [0, 0.1) is 5.92 Å². The number of nitrogens with one attached hydrogen (secondary N) is 1. The standard InChI is InChI=1S/C18H22N2O2/c1-13-8-10-18(11-9-13)12-14(2)17(22)20(18)19-16(21)15-6-4-3-5-7-15/h3-7,13H,2,8-12H2,1H3,(H,19,21). The number of benzene rings is 1. The molecule has 1 spiro atoms. The van der Waals surface area contributed by atoms with Gasteiger partial charge in [-0.15, -0.1) is 0 Å². The topological polar surface area (TPSA) is 49.4 Å². The first-order valence-electron chi connectivity index (χ1n) is 7.90. The molecule has 2 fully saturated rings. The van der Waals surface area contributed by atoms with E-state index >= 15 is 0 Å². The fraction of sp³-hybridized carbons (Fsp3) is 0.444. The molecule has 4 nitrogen and oxygen atoms in total. The van der Waals surface area contributed by atoms with Crippen molar-refractivity contribution in [3.8, 4) is 0 Å². The summed E-state index contributed by atoms with van der Waals surface area (Å²) in [5.74, 6) is 0.307. The van der Waals surface area contributed by atoms with E-state index in [1.54, 1.807) is 17.1 Å². The average Bonchev–Trinajstić information content (AvgIpc) is 2.76. The molecule has 1 aromatic rings. The van der Waals surface area contributed by atoms with Gasteiger partial charge < -0.3 is 0 Å². The summed E-state index contributed by atoms with van der Waals surface area (Å²) in [6.45, 7) is 6.13. The molecule has 1 N–H and O–H groups in total. The van der Waals surface area contributed by atoms with Crippen molar-refractivity contribution in [1.82, 2.24) is 10.4 Å². The molecule has 0 bridgehead atoms. The second-order valence-corrected chi connectivity index (χ2v) is 6.63. The van der Waals surface area contributed by atoms with Gasteiger partial charge in [0, 0.05) is 17.6 Å². The predicted molar refractivity (Wildman–Crippen MR) is 84.9 cm³/mol. The molecule has 1 aliphatic carbocycles. The van der Waals surface area contributed by atoms with Crippen molar-refractivity contribution in [3.05, 3.63) is 48.0 Å². The minimum atomic E-state index is -0.273. The van der Waals surface area contributed by atoms with Crippen LogP contribution < -0.4 is 5.43 Å². The lowest BCUT2D eigenvalue weighted by atomic mass is 9.76. The third kappa shape index (κ3) is 2.54. The first-order chi connectivity index (χ1) is 10.5. The first-order valence-corrected chi connectivity index (χ1v) is 7.90. The fourth-order valence-electron chi connectivity index (χ4n) is 3.55. The van der Waals surface area contributed by atoms with Crippen molar-refractivity contribution in [1.29, 1.82) is 0 Å². The number of hydrogen-bond donors (Lipinski definition) is 1. The zero-order valence-electron chi connectivity index (χ0n) is 13.0. The molecule has 2 amide bonds. The number of carbonyl (C=O) groups is 2. The normalized spacial score (nSPS) is 28.2. The Kier molecular flexibility index (Phi) is 3.77. The van der Waals surface area contributed by atoms with Crippen LogP contribution in [-0.2, 0) is 4.79 Å². The molecule has 4 heteroatoms. The van der Waals surface area contributed by atoms with Crippen LogP contribution in [0.3, 0.4) is 0 Å². The van der Waals surface area contributed by atoms with E-state index in [1.165, 1.54) is 0 Å². The SMILES string of the molecule is C=C1CC2(CCC(C)CC2)N(NC(=O)c2ccccc2)C1=O. The maximum absolute atomic E-state index is 12.4. The van der Waals surface area contributed by atoms with Gasteiger partial charge in [0.25, 0.3) is 11.8 Å². The largest absolute Gasteiger partial charge is 0.269 e. The first kappa shape index (κ1) is 14.8. The van der Waals surface area contributed by atoms with Gasteiger partial charge >= 0.3 is 0 Å². The molecule has 22 heavy (non-hydrogen) atoms. The summed E-state index contributed by atoms with van der Waals surface area (Å²) >= 11 is 0. The Labute approximate surface area is 131 Å². The van der Waals surface area contributed by atoms with E-state index in [1.807, 2.05) is 18.2 Å². The molecule has 2 aliphatic rings. The Hall–Kier alpha value is -2.10. The lowest BCUT2D eigenvalue weighted by Gasteiger charge is -2.42. The molecule has 1 aromatic carbocycles. The summed E-state index contributed by atoms with van der Waals surface area (Å²) in [5, 5.41) is 1.57. The summed E-state index contributed by atoms with van der Waals surface area (Å²) in [6, 6.07) is 9.00. The van der Waals surface area contributed by atoms with Crippen LogP contribution in [0.2, 0.25) is 0 Å². The zero-order chi connectivity index (χ0) is 15.7. The average molecular weight is 298 g/mol. The fourth-order valence-corrected chi connectivity index (χ4v) is 3.55. The van der Waals surface area contributed by atoms with Crippen molar-refractivity contribution in [2.24, 2.45) is 5.92 Å². The molecular formula is C18H22N2O2. The van der Waals surface area contributed by atoms with Crippen LogP contribution in [0.5, 0.6) is 0 Å².